The zero-order valence-corrected chi connectivity index (χ0v) is 11.2. The van der Waals surface area contributed by atoms with Gasteiger partial charge in [-0.15, -0.1) is 0 Å². The summed E-state index contributed by atoms with van der Waals surface area (Å²) in [4.78, 5) is 0. The van der Waals surface area contributed by atoms with Gasteiger partial charge < -0.3 is 9.30 Å². The van der Waals surface area contributed by atoms with Crippen molar-refractivity contribution in [2.75, 3.05) is 7.11 Å². The van der Waals surface area contributed by atoms with E-state index in [9.17, 15) is 0 Å². The van der Waals surface area contributed by atoms with E-state index < -0.39 is 0 Å². The predicted molar refractivity (Wildman–Crippen MR) is 78.3 cm³/mol. The van der Waals surface area contributed by atoms with Crippen molar-refractivity contribution in [3.8, 4) is 0 Å². The first-order chi connectivity index (χ1) is 9.29. The van der Waals surface area contributed by atoms with Gasteiger partial charge in [0.1, 0.15) is 0 Å². The lowest BCUT2D eigenvalue weighted by atomic mass is 10.1. The Kier molecular flexibility index (Phi) is 3.10. The van der Waals surface area contributed by atoms with Gasteiger partial charge in [0.15, 0.2) is 6.23 Å². The Bertz CT molecular complexity index is 682. The number of methoxy groups -OCH3 is 1. The molecule has 0 N–H and O–H groups in total. The molecule has 0 aliphatic carbocycles. The highest BCUT2D eigenvalue weighted by Crippen LogP contribution is 2.25. The van der Waals surface area contributed by atoms with Gasteiger partial charge in [0.2, 0.25) is 0 Å². The molecule has 0 radical (unpaired) electrons. The number of rotatable bonds is 3. The largest absolute Gasteiger partial charge is 0.357 e. The maximum absolute atomic E-state index is 5.69. The second-order valence-corrected chi connectivity index (χ2v) is 4.78. The van der Waals surface area contributed by atoms with E-state index in [0.29, 0.717) is 0 Å². The first-order valence-electron chi connectivity index (χ1n) is 6.44. The van der Waals surface area contributed by atoms with Crippen molar-refractivity contribution in [2.24, 2.45) is 0 Å². The maximum atomic E-state index is 5.69. The highest BCUT2D eigenvalue weighted by atomic mass is 16.5. The summed E-state index contributed by atoms with van der Waals surface area (Å²) in [5, 5.41) is 1.23. The molecule has 19 heavy (non-hydrogen) atoms. The molecule has 2 heteroatoms. The van der Waals surface area contributed by atoms with Gasteiger partial charge in [0, 0.05) is 18.9 Å². The number of hydrogen-bond donors (Lipinski definition) is 0. The number of hydrogen-bond acceptors (Lipinski definition) is 1. The Morgan fingerprint density at radius 2 is 1.68 bits per heavy atom. The van der Waals surface area contributed by atoms with E-state index >= 15 is 0 Å². The molecular weight excluding hydrogens is 234 g/mol. The lowest BCUT2D eigenvalue weighted by Gasteiger charge is -2.19. The molecule has 0 aliphatic heterocycles. The number of benzene rings is 2. The van der Waals surface area contributed by atoms with Gasteiger partial charge >= 0.3 is 0 Å². The highest BCUT2D eigenvalue weighted by Gasteiger charge is 2.14. The standard InChI is InChI=1S/C17H17NO/c1-13-7-9-15(10-8-13)17(19-2)18-12-11-14-5-3-4-6-16(14)18/h3-12,17H,1-2H3. The molecule has 0 spiro atoms. The van der Waals surface area contributed by atoms with Crippen LogP contribution in [0, 0.1) is 6.92 Å². The normalized spacial score (nSPS) is 12.7. The van der Waals surface area contributed by atoms with Gasteiger partial charge in [-0.2, -0.15) is 0 Å². The summed E-state index contributed by atoms with van der Waals surface area (Å²) in [6.45, 7) is 2.09. The summed E-state index contributed by atoms with van der Waals surface area (Å²) in [7, 11) is 1.75. The van der Waals surface area contributed by atoms with Crippen LogP contribution < -0.4 is 0 Å². The zero-order chi connectivity index (χ0) is 13.2. The molecule has 3 rings (SSSR count). The molecule has 2 nitrogen and oxygen atoms in total. The Hall–Kier alpha value is -2.06. The minimum Gasteiger partial charge on any atom is -0.357 e. The zero-order valence-electron chi connectivity index (χ0n) is 11.2. The first-order valence-corrected chi connectivity index (χ1v) is 6.44. The van der Waals surface area contributed by atoms with E-state index in [4.69, 9.17) is 4.74 Å². The van der Waals surface area contributed by atoms with E-state index in [1.165, 1.54) is 16.5 Å². The van der Waals surface area contributed by atoms with Crippen molar-refractivity contribution in [1.29, 1.82) is 0 Å². The molecule has 1 heterocycles. The van der Waals surface area contributed by atoms with Crippen molar-refractivity contribution in [1.82, 2.24) is 4.57 Å². The van der Waals surface area contributed by atoms with Gasteiger partial charge in [0.05, 0.1) is 5.52 Å². The van der Waals surface area contributed by atoms with Crippen LogP contribution >= 0.6 is 0 Å². The number of ether oxygens (including phenoxy) is 1. The first kappa shape index (κ1) is 12.0. The summed E-state index contributed by atoms with van der Waals surface area (Å²) in [5.74, 6) is 0. The number of aryl methyl sites for hydroxylation is 1. The lowest BCUT2D eigenvalue weighted by Crippen LogP contribution is -2.11. The smallest absolute Gasteiger partial charge is 0.159 e. The summed E-state index contributed by atoms with van der Waals surface area (Å²) in [6.07, 6.45) is 2.00. The summed E-state index contributed by atoms with van der Waals surface area (Å²) in [6, 6.07) is 19.0. The van der Waals surface area contributed by atoms with Crippen LogP contribution in [0.25, 0.3) is 10.9 Å². The van der Waals surface area contributed by atoms with Gasteiger partial charge in [-0.1, -0.05) is 48.0 Å². The molecule has 2 aromatic carbocycles. The monoisotopic (exact) mass is 251 g/mol. The van der Waals surface area contributed by atoms with E-state index in [0.717, 1.165) is 5.56 Å². The fraction of sp³-hybridized carbons (Fsp3) is 0.176. The number of aromatic nitrogens is 1. The fourth-order valence-corrected chi connectivity index (χ4v) is 2.45. The lowest BCUT2D eigenvalue weighted by molar-refractivity contribution is 0.0823. The van der Waals surface area contributed by atoms with Gasteiger partial charge in [-0.05, 0) is 24.4 Å². The van der Waals surface area contributed by atoms with Crippen molar-refractivity contribution in [3.05, 3.63) is 71.9 Å². The molecule has 1 atom stereocenters. The van der Waals surface area contributed by atoms with Crippen LogP contribution in [0.2, 0.25) is 0 Å². The van der Waals surface area contributed by atoms with E-state index in [-0.39, 0.29) is 6.23 Å². The van der Waals surface area contributed by atoms with E-state index in [1.807, 2.05) is 0 Å². The van der Waals surface area contributed by atoms with Crippen molar-refractivity contribution < 1.29 is 4.74 Å². The average molecular weight is 251 g/mol. The molecule has 96 valence electrons. The maximum Gasteiger partial charge on any atom is 0.159 e. The molecule has 0 aliphatic rings. The Labute approximate surface area is 113 Å². The second-order valence-electron chi connectivity index (χ2n) is 4.78. The van der Waals surface area contributed by atoms with Crippen LogP contribution in [0.5, 0.6) is 0 Å². The minimum absolute atomic E-state index is 0.0829. The molecule has 0 fully saturated rings. The molecule has 0 saturated carbocycles. The summed E-state index contributed by atoms with van der Waals surface area (Å²) in [5.41, 5.74) is 3.61. The van der Waals surface area contributed by atoms with Gasteiger partial charge in [-0.25, -0.2) is 0 Å². The fourth-order valence-electron chi connectivity index (χ4n) is 2.45. The van der Waals surface area contributed by atoms with Crippen LogP contribution in [-0.4, -0.2) is 11.7 Å². The number of nitrogens with zero attached hydrogens (tertiary/aromatic N) is 1. The molecule has 3 aromatic rings. The quantitative estimate of drug-likeness (QED) is 0.682. The highest BCUT2D eigenvalue weighted by molar-refractivity contribution is 5.80. The van der Waals surface area contributed by atoms with Crippen molar-refractivity contribution in [3.63, 3.8) is 0 Å². The Morgan fingerprint density at radius 3 is 2.42 bits per heavy atom. The van der Waals surface area contributed by atoms with Crippen LogP contribution in [0.15, 0.2) is 60.8 Å². The van der Waals surface area contributed by atoms with Gasteiger partial charge in [-0.3, -0.25) is 0 Å². The second kappa shape index (κ2) is 4.90. The molecule has 0 amide bonds. The summed E-state index contributed by atoms with van der Waals surface area (Å²) >= 11 is 0. The van der Waals surface area contributed by atoms with Crippen LogP contribution in [-0.2, 0) is 4.74 Å². The molecule has 1 unspecified atom stereocenters. The SMILES string of the molecule is COC(c1ccc(C)cc1)n1ccc2ccccc21. The van der Waals surface area contributed by atoms with Crippen LogP contribution in [0.4, 0.5) is 0 Å². The molecule has 1 aromatic heterocycles. The number of para-hydroxylation sites is 1. The third-order valence-electron chi connectivity index (χ3n) is 3.47. The van der Waals surface area contributed by atoms with Crippen molar-refractivity contribution in [2.45, 2.75) is 13.2 Å². The topological polar surface area (TPSA) is 14.2 Å². The number of fused-ring (bicyclic) bond motifs is 1. The van der Waals surface area contributed by atoms with Crippen LogP contribution in [0.3, 0.4) is 0 Å². The minimum atomic E-state index is -0.0829. The third kappa shape index (κ3) is 2.15. The van der Waals surface area contributed by atoms with E-state index in [1.54, 1.807) is 7.11 Å². The average Bonchev–Trinajstić information content (AvgIpc) is 2.86. The summed E-state index contributed by atoms with van der Waals surface area (Å²) < 4.78 is 7.86. The Balaban J connectivity index is 2.09. The van der Waals surface area contributed by atoms with Gasteiger partial charge in [0.25, 0.3) is 0 Å². The van der Waals surface area contributed by atoms with Crippen LogP contribution in [0.1, 0.15) is 17.4 Å². The van der Waals surface area contributed by atoms with E-state index in [2.05, 4.69) is 72.3 Å². The predicted octanol–water partition coefficient (Wildman–Crippen LogP) is 4.14. The molecular formula is C17H17NO. The van der Waals surface area contributed by atoms with Crippen molar-refractivity contribution >= 4 is 10.9 Å². The Morgan fingerprint density at radius 1 is 0.947 bits per heavy atom. The molecule has 0 saturated heterocycles. The molecule has 0 bridgehead atoms. The third-order valence-corrected chi connectivity index (χ3v) is 3.47.